The number of benzene rings is 1. The van der Waals surface area contributed by atoms with E-state index in [0.29, 0.717) is 29.8 Å². The molecule has 142 valence electrons. The number of rotatable bonds is 5. The van der Waals surface area contributed by atoms with Crippen molar-refractivity contribution in [2.75, 3.05) is 13.1 Å². The predicted octanol–water partition coefficient (Wildman–Crippen LogP) is 1.94. The summed E-state index contributed by atoms with van der Waals surface area (Å²) in [5.74, 6) is -0.705. The van der Waals surface area contributed by atoms with Crippen LogP contribution >= 0.6 is 0 Å². The van der Waals surface area contributed by atoms with E-state index < -0.39 is 15.9 Å². The molecule has 0 saturated carbocycles. The van der Waals surface area contributed by atoms with Gasteiger partial charge in [-0.05, 0) is 37.5 Å². The smallest absolute Gasteiger partial charge is 0.244 e. The molecule has 1 amide bonds. The Morgan fingerprint density at radius 1 is 1.30 bits per heavy atom. The minimum atomic E-state index is -3.62. The molecule has 1 aromatic carbocycles. The van der Waals surface area contributed by atoms with Crippen LogP contribution in [-0.2, 0) is 14.8 Å². The van der Waals surface area contributed by atoms with Crippen LogP contribution in [0.2, 0.25) is 0 Å². The molecule has 0 bridgehead atoms. The molecule has 1 N–H and O–H groups in total. The minimum Gasteiger partial charge on any atom is -0.273 e. The van der Waals surface area contributed by atoms with Gasteiger partial charge in [-0.3, -0.25) is 9.78 Å². The minimum absolute atomic E-state index is 0.158. The number of aromatic nitrogens is 1. The summed E-state index contributed by atoms with van der Waals surface area (Å²) >= 11 is 0. The maximum absolute atomic E-state index is 12.9. The van der Waals surface area contributed by atoms with Crippen LogP contribution in [0, 0.1) is 12.8 Å². The number of carbonyl (C=O) groups is 1. The molecule has 1 aromatic heterocycles. The third kappa shape index (κ3) is 4.58. The number of hydrogen-bond donors (Lipinski definition) is 1. The lowest BCUT2D eigenvalue weighted by molar-refractivity contribution is -0.126. The molecule has 3 rings (SSSR count). The second kappa shape index (κ2) is 8.41. The quantitative estimate of drug-likeness (QED) is 0.628. The first kappa shape index (κ1) is 19.2. The highest BCUT2D eigenvalue weighted by molar-refractivity contribution is 7.89. The Hall–Kier alpha value is -2.58. The number of aryl methyl sites for hydroxylation is 1. The normalized spacial score (nSPS) is 18.5. The maximum Gasteiger partial charge on any atom is 0.244 e. The van der Waals surface area contributed by atoms with Crippen LogP contribution in [0.15, 0.2) is 58.8 Å². The lowest BCUT2D eigenvalue weighted by atomic mass is 9.99. The Bertz CT molecular complexity index is 929. The summed E-state index contributed by atoms with van der Waals surface area (Å²) in [7, 11) is -3.62. The number of piperidine rings is 1. The molecule has 1 atom stereocenters. The van der Waals surface area contributed by atoms with Gasteiger partial charge in [0.05, 0.1) is 17.0 Å². The van der Waals surface area contributed by atoms with Crippen molar-refractivity contribution in [3.8, 4) is 0 Å². The van der Waals surface area contributed by atoms with E-state index in [-0.39, 0.29) is 12.5 Å². The molecule has 1 unspecified atom stereocenters. The predicted molar refractivity (Wildman–Crippen MR) is 103 cm³/mol. The summed E-state index contributed by atoms with van der Waals surface area (Å²) in [6.07, 6.45) is 6.06. The Kier molecular flexibility index (Phi) is 5.98. The van der Waals surface area contributed by atoms with Crippen molar-refractivity contribution in [3.05, 3.63) is 59.9 Å². The van der Waals surface area contributed by atoms with E-state index in [1.165, 1.54) is 10.5 Å². The van der Waals surface area contributed by atoms with E-state index in [1.54, 1.807) is 49.6 Å². The summed E-state index contributed by atoms with van der Waals surface area (Å²) in [6.45, 7) is 2.35. The van der Waals surface area contributed by atoms with Crippen LogP contribution in [0.3, 0.4) is 0 Å². The molecule has 1 saturated heterocycles. The van der Waals surface area contributed by atoms with Crippen molar-refractivity contribution < 1.29 is 13.2 Å². The molecule has 0 spiro atoms. The van der Waals surface area contributed by atoms with Crippen LogP contribution in [0.1, 0.15) is 24.0 Å². The van der Waals surface area contributed by atoms with Gasteiger partial charge < -0.3 is 0 Å². The number of nitrogens with zero attached hydrogens (tertiary/aromatic N) is 3. The van der Waals surface area contributed by atoms with Gasteiger partial charge in [-0.15, -0.1) is 0 Å². The largest absolute Gasteiger partial charge is 0.273 e. The number of nitrogens with one attached hydrogen (secondary N) is 1. The molecule has 2 heterocycles. The fourth-order valence-electron chi connectivity index (χ4n) is 3.07. The van der Waals surface area contributed by atoms with Crippen LogP contribution in [0.4, 0.5) is 0 Å². The summed E-state index contributed by atoms with van der Waals surface area (Å²) in [5.41, 5.74) is 3.97. The van der Waals surface area contributed by atoms with Gasteiger partial charge in [-0.1, -0.05) is 24.3 Å². The number of hydrogen-bond acceptors (Lipinski definition) is 5. The molecule has 1 aliphatic rings. The first-order valence-electron chi connectivity index (χ1n) is 8.77. The first-order chi connectivity index (χ1) is 13.0. The Morgan fingerprint density at radius 2 is 2.11 bits per heavy atom. The molecule has 7 nitrogen and oxygen atoms in total. The van der Waals surface area contributed by atoms with Gasteiger partial charge in [0.25, 0.3) is 0 Å². The molecule has 27 heavy (non-hydrogen) atoms. The zero-order chi connectivity index (χ0) is 19.3. The topological polar surface area (TPSA) is 91.7 Å². The maximum atomic E-state index is 12.9. The van der Waals surface area contributed by atoms with E-state index in [2.05, 4.69) is 15.5 Å². The van der Waals surface area contributed by atoms with Gasteiger partial charge in [-0.25, -0.2) is 13.8 Å². The highest BCUT2D eigenvalue weighted by Crippen LogP contribution is 2.25. The lowest BCUT2D eigenvalue weighted by Gasteiger charge is -2.31. The average molecular weight is 386 g/mol. The zero-order valence-corrected chi connectivity index (χ0v) is 15.9. The first-order valence-corrected chi connectivity index (χ1v) is 10.2. The molecule has 1 aliphatic heterocycles. The van der Waals surface area contributed by atoms with Crippen molar-refractivity contribution >= 4 is 22.1 Å². The molecule has 1 fully saturated rings. The van der Waals surface area contributed by atoms with E-state index in [4.69, 9.17) is 0 Å². The van der Waals surface area contributed by atoms with Gasteiger partial charge in [0.1, 0.15) is 0 Å². The van der Waals surface area contributed by atoms with E-state index >= 15 is 0 Å². The van der Waals surface area contributed by atoms with Crippen molar-refractivity contribution in [3.63, 3.8) is 0 Å². The Morgan fingerprint density at radius 3 is 2.85 bits per heavy atom. The Balaban J connectivity index is 1.66. The average Bonchev–Trinajstić information content (AvgIpc) is 2.69. The summed E-state index contributed by atoms with van der Waals surface area (Å²) in [5, 5.41) is 3.94. The summed E-state index contributed by atoms with van der Waals surface area (Å²) in [4.78, 5) is 16.7. The molecular formula is C19H22N4O3S. The summed E-state index contributed by atoms with van der Waals surface area (Å²) in [6, 6.07) is 10.5. The van der Waals surface area contributed by atoms with Crippen LogP contribution < -0.4 is 5.43 Å². The second-order valence-electron chi connectivity index (χ2n) is 6.49. The van der Waals surface area contributed by atoms with Gasteiger partial charge in [0.15, 0.2) is 0 Å². The number of amides is 1. The van der Waals surface area contributed by atoms with Crippen molar-refractivity contribution in [2.45, 2.75) is 24.7 Å². The van der Waals surface area contributed by atoms with Gasteiger partial charge in [0.2, 0.25) is 15.9 Å². The Labute approximate surface area is 159 Å². The molecule has 0 radical (unpaired) electrons. The number of carbonyl (C=O) groups excluding carboxylic acids is 1. The molecule has 0 aliphatic carbocycles. The van der Waals surface area contributed by atoms with Gasteiger partial charge in [0, 0.05) is 31.0 Å². The third-order valence-corrected chi connectivity index (χ3v) is 6.56. The summed E-state index contributed by atoms with van der Waals surface area (Å²) < 4.78 is 27.3. The number of pyridine rings is 1. The van der Waals surface area contributed by atoms with E-state index in [0.717, 1.165) is 5.56 Å². The van der Waals surface area contributed by atoms with Crippen LogP contribution in [0.25, 0.3) is 0 Å². The van der Waals surface area contributed by atoms with E-state index in [1.807, 2.05) is 6.07 Å². The third-order valence-electron chi connectivity index (χ3n) is 4.54. The second-order valence-corrected chi connectivity index (χ2v) is 8.39. The number of hydrazone groups is 1. The van der Waals surface area contributed by atoms with Crippen molar-refractivity contribution in [1.29, 1.82) is 0 Å². The molecular weight excluding hydrogens is 364 g/mol. The fourth-order valence-corrected chi connectivity index (χ4v) is 4.82. The molecule has 8 heteroatoms. The highest BCUT2D eigenvalue weighted by atomic mass is 32.2. The lowest BCUT2D eigenvalue weighted by Crippen LogP contribution is -2.44. The monoisotopic (exact) mass is 386 g/mol. The fraction of sp³-hybridized carbons (Fsp3) is 0.316. The van der Waals surface area contributed by atoms with Gasteiger partial charge in [-0.2, -0.15) is 9.41 Å². The number of sulfonamides is 1. The van der Waals surface area contributed by atoms with Crippen molar-refractivity contribution in [2.24, 2.45) is 11.0 Å². The van der Waals surface area contributed by atoms with Crippen LogP contribution in [0.5, 0.6) is 0 Å². The van der Waals surface area contributed by atoms with Crippen molar-refractivity contribution in [1.82, 2.24) is 14.7 Å². The SMILES string of the molecule is Cc1ccccc1S(=O)(=O)N1CCCC(C(=O)N/N=C/c2cccnc2)C1. The van der Waals surface area contributed by atoms with E-state index in [9.17, 15) is 13.2 Å². The standard InChI is InChI=1S/C19H22N4O3S/c1-15-6-2-3-9-18(15)27(25,26)23-11-5-8-17(14-23)19(24)22-21-13-16-7-4-10-20-12-16/h2-4,6-7,9-10,12-13,17H,5,8,11,14H2,1H3,(H,22,24)/b21-13+. The zero-order valence-electron chi connectivity index (χ0n) is 15.1. The molecule has 2 aromatic rings. The van der Waals surface area contributed by atoms with Crippen LogP contribution in [-0.4, -0.2) is 42.9 Å². The highest BCUT2D eigenvalue weighted by Gasteiger charge is 2.33. The van der Waals surface area contributed by atoms with Gasteiger partial charge >= 0.3 is 0 Å².